The van der Waals surface area contributed by atoms with Crippen LogP contribution in [0.2, 0.25) is 0 Å². The molecule has 0 spiro atoms. The van der Waals surface area contributed by atoms with Crippen molar-refractivity contribution in [3.8, 4) is 0 Å². The van der Waals surface area contributed by atoms with Crippen molar-refractivity contribution in [1.82, 2.24) is 15.1 Å². The van der Waals surface area contributed by atoms with Crippen molar-refractivity contribution in [3.63, 3.8) is 0 Å². The molecule has 3 amide bonds. The lowest BCUT2D eigenvalue weighted by atomic mass is 10.1. The number of carbonyl (C=O) groups excluding carboxylic acids is 3. The number of nitrogens with one attached hydrogen (secondary N) is 1. The number of nitrogens with zero attached hydrogens (tertiary/aromatic N) is 2. The van der Waals surface area contributed by atoms with E-state index >= 15 is 0 Å². The molecule has 4 rings (SSSR count). The maximum absolute atomic E-state index is 13.3. The Hall–Kier alpha value is -3.15. The van der Waals surface area contributed by atoms with Gasteiger partial charge in [0.1, 0.15) is 12.1 Å². The molecule has 6 heteroatoms. The molecule has 0 saturated carbocycles. The Kier molecular flexibility index (Phi) is 6.12. The minimum Gasteiger partial charge on any atom is -0.350 e. The van der Waals surface area contributed by atoms with E-state index in [9.17, 15) is 14.4 Å². The van der Waals surface area contributed by atoms with E-state index < -0.39 is 12.1 Å². The number of carbonyl (C=O) groups is 3. The van der Waals surface area contributed by atoms with Gasteiger partial charge in [-0.15, -0.1) is 0 Å². The minimum atomic E-state index is -0.486. The molecule has 0 aliphatic carbocycles. The fourth-order valence-electron chi connectivity index (χ4n) is 4.41. The van der Waals surface area contributed by atoms with Gasteiger partial charge >= 0.3 is 0 Å². The van der Waals surface area contributed by atoms with Gasteiger partial charge in [0.2, 0.25) is 11.8 Å². The average molecular weight is 405 g/mol. The van der Waals surface area contributed by atoms with Gasteiger partial charge in [-0.2, -0.15) is 0 Å². The van der Waals surface area contributed by atoms with Crippen molar-refractivity contribution in [2.24, 2.45) is 0 Å². The molecule has 2 aromatic carbocycles. The SMILES string of the molecule is O=C(NCc1ccccc1)[C@H]1CCCN1C(=O)[C@H]1CCCN1C(=O)c1ccccc1. The molecule has 2 aliphatic rings. The van der Waals surface area contributed by atoms with E-state index in [0.29, 0.717) is 38.0 Å². The van der Waals surface area contributed by atoms with Gasteiger partial charge in [-0.3, -0.25) is 14.4 Å². The number of benzene rings is 2. The third-order valence-corrected chi connectivity index (χ3v) is 5.97. The van der Waals surface area contributed by atoms with E-state index in [1.54, 1.807) is 21.9 Å². The highest BCUT2D eigenvalue weighted by Gasteiger charge is 2.42. The first-order chi connectivity index (χ1) is 14.6. The van der Waals surface area contributed by atoms with Gasteiger partial charge < -0.3 is 15.1 Å². The van der Waals surface area contributed by atoms with Crippen LogP contribution in [0.1, 0.15) is 41.6 Å². The Balaban J connectivity index is 1.42. The summed E-state index contributed by atoms with van der Waals surface area (Å²) in [6.07, 6.45) is 2.90. The van der Waals surface area contributed by atoms with Crippen LogP contribution in [0.25, 0.3) is 0 Å². The Morgan fingerprint density at radius 3 is 2.10 bits per heavy atom. The average Bonchev–Trinajstić information content (AvgIpc) is 3.48. The van der Waals surface area contributed by atoms with E-state index in [-0.39, 0.29) is 17.7 Å². The van der Waals surface area contributed by atoms with Crippen molar-refractivity contribution in [1.29, 1.82) is 0 Å². The quantitative estimate of drug-likeness (QED) is 0.831. The van der Waals surface area contributed by atoms with Crippen LogP contribution in [0.3, 0.4) is 0 Å². The van der Waals surface area contributed by atoms with Crippen LogP contribution >= 0.6 is 0 Å². The van der Waals surface area contributed by atoms with Gasteiger partial charge in [-0.1, -0.05) is 48.5 Å². The van der Waals surface area contributed by atoms with Crippen molar-refractivity contribution >= 4 is 17.7 Å². The Labute approximate surface area is 176 Å². The third-order valence-electron chi connectivity index (χ3n) is 5.97. The Morgan fingerprint density at radius 1 is 0.800 bits per heavy atom. The van der Waals surface area contributed by atoms with Crippen molar-refractivity contribution in [2.75, 3.05) is 13.1 Å². The molecule has 0 radical (unpaired) electrons. The van der Waals surface area contributed by atoms with Crippen molar-refractivity contribution in [2.45, 2.75) is 44.3 Å². The molecule has 2 aromatic rings. The second-order valence-corrected chi connectivity index (χ2v) is 7.92. The van der Waals surface area contributed by atoms with Crippen LogP contribution in [0.15, 0.2) is 60.7 Å². The molecule has 0 bridgehead atoms. The molecule has 0 unspecified atom stereocenters. The maximum atomic E-state index is 13.3. The summed E-state index contributed by atoms with van der Waals surface area (Å²) in [4.78, 5) is 42.4. The second kappa shape index (κ2) is 9.11. The Morgan fingerprint density at radius 2 is 1.40 bits per heavy atom. The van der Waals surface area contributed by atoms with Gasteiger partial charge in [-0.25, -0.2) is 0 Å². The van der Waals surface area contributed by atoms with Crippen LogP contribution < -0.4 is 5.32 Å². The van der Waals surface area contributed by atoms with E-state index in [2.05, 4.69) is 5.32 Å². The fourth-order valence-corrected chi connectivity index (χ4v) is 4.41. The van der Waals surface area contributed by atoms with E-state index in [0.717, 1.165) is 18.4 Å². The predicted octanol–water partition coefficient (Wildman–Crippen LogP) is 2.60. The lowest BCUT2D eigenvalue weighted by Gasteiger charge is -2.31. The summed E-state index contributed by atoms with van der Waals surface area (Å²) in [5.41, 5.74) is 1.62. The lowest BCUT2D eigenvalue weighted by molar-refractivity contribution is -0.141. The molecule has 2 heterocycles. The zero-order valence-electron chi connectivity index (χ0n) is 17.0. The molecule has 2 aliphatic heterocycles. The van der Waals surface area contributed by atoms with E-state index in [1.165, 1.54) is 0 Å². The molecule has 2 atom stereocenters. The normalized spacial score (nSPS) is 20.9. The first-order valence-corrected chi connectivity index (χ1v) is 10.6. The first-order valence-electron chi connectivity index (χ1n) is 10.6. The summed E-state index contributed by atoms with van der Waals surface area (Å²) in [6.45, 7) is 1.58. The number of hydrogen-bond donors (Lipinski definition) is 1. The highest BCUT2D eigenvalue weighted by atomic mass is 16.2. The van der Waals surface area contributed by atoms with E-state index in [4.69, 9.17) is 0 Å². The number of hydrogen-bond acceptors (Lipinski definition) is 3. The van der Waals surface area contributed by atoms with Crippen molar-refractivity contribution < 1.29 is 14.4 Å². The minimum absolute atomic E-state index is 0.103. The summed E-state index contributed by atoms with van der Waals surface area (Å²) in [5, 5.41) is 2.96. The molecular weight excluding hydrogens is 378 g/mol. The lowest BCUT2D eigenvalue weighted by Crippen LogP contribution is -2.52. The predicted molar refractivity (Wildman–Crippen MR) is 114 cm³/mol. The third kappa shape index (κ3) is 4.22. The number of likely N-dealkylation sites (tertiary alicyclic amines) is 2. The van der Waals surface area contributed by atoms with Crippen LogP contribution in [0.4, 0.5) is 0 Å². The molecule has 6 nitrogen and oxygen atoms in total. The Bertz CT molecular complexity index is 900. The van der Waals surface area contributed by atoms with Gasteiger partial charge in [0.15, 0.2) is 0 Å². The van der Waals surface area contributed by atoms with Gasteiger partial charge in [0.25, 0.3) is 5.91 Å². The van der Waals surface area contributed by atoms with Crippen LogP contribution in [0.5, 0.6) is 0 Å². The summed E-state index contributed by atoms with van der Waals surface area (Å²) < 4.78 is 0. The zero-order valence-corrected chi connectivity index (χ0v) is 17.0. The largest absolute Gasteiger partial charge is 0.350 e. The van der Waals surface area contributed by atoms with Gasteiger partial charge in [-0.05, 0) is 43.4 Å². The summed E-state index contributed by atoms with van der Waals surface area (Å²) in [5.74, 6) is -0.339. The highest BCUT2D eigenvalue weighted by molar-refractivity contribution is 5.99. The van der Waals surface area contributed by atoms with E-state index in [1.807, 2.05) is 48.5 Å². The first kappa shape index (κ1) is 20.1. The molecular formula is C24H27N3O3. The van der Waals surface area contributed by atoms with Crippen molar-refractivity contribution in [3.05, 3.63) is 71.8 Å². The number of amides is 3. The number of rotatable bonds is 5. The monoisotopic (exact) mass is 405 g/mol. The molecule has 1 N–H and O–H groups in total. The summed E-state index contributed by atoms with van der Waals surface area (Å²) in [6, 6.07) is 17.9. The second-order valence-electron chi connectivity index (χ2n) is 7.92. The highest BCUT2D eigenvalue weighted by Crippen LogP contribution is 2.26. The molecule has 156 valence electrons. The standard InChI is InChI=1S/C24H27N3O3/c28-22(25-17-18-9-3-1-4-10-18)20-13-7-15-26(20)24(30)21-14-8-16-27(21)23(29)19-11-5-2-6-12-19/h1-6,9-12,20-21H,7-8,13-17H2,(H,25,28)/t20-,21-/m1/s1. The molecule has 0 aromatic heterocycles. The van der Waals surface area contributed by atoms with Gasteiger partial charge in [0.05, 0.1) is 0 Å². The van der Waals surface area contributed by atoms with Crippen LogP contribution in [0, 0.1) is 0 Å². The van der Waals surface area contributed by atoms with Gasteiger partial charge in [0, 0.05) is 25.2 Å². The smallest absolute Gasteiger partial charge is 0.254 e. The zero-order chi connectivity index (χ0) is 20.9. The molecule has 2 fully saturated rings. The van der Waals surface area contributed by atoms with Crippen LogP contribution in [-0.2, 0) is 16.1 Å². The summed E-state index contributed by atoms with van der Waals surface area (Å²) >= 11 is 0. The topological polar surface area (TPSA) is 69.7 Å². The summed E-state index contributed by atoms with van der Waals surface area (Å²) in [7, 11) is 0. The molecule has 30 heavy (non-hydrogen) atoms. The maximum Gasteiger partial charge on any atom is 0.254 e. The molecule has 2 saturated heterocycles. The van der Waals surface area contributed by atoms with Crippen LogP contribution in [-0.4, -0.2) is 52.7 Å². The fraction of sp³-hybridized carbons (Fsp3) is 0.375.